The maximum absolute atomic E-state index is 13.8. The van der Waals surface area contributed by atoms with Gasteiger partial charge in [-0.05, 0) is 37.6 Å². The van der Waals surface area contributed by atoms with Gasteiger partial charge in [-0.3, -0.25) is 4.79 Å². The molecule has 1 unspecified atom stereocenters. The van der Waals surface area contributed by atoms with E-state index in [9.17, 15) is 9.18 Å². The molecular formula is C14H18ClFN2O2. The molecule has 1 atom stereocenters. The summed E-state index contributed by atoms with van der Waals surface area (Å²) in [6.45, 7) is 1.45. The van der Waals surface area contributed by atoms with Crippen molar-refractivity contribution in [3.63, 3.8) is 0 Å². The third-order valence-electron chi connectivity index (χ3n) is 3.42. The third kappa shape index (κ3) is 3.69. The van der Waals surface area contributed by atoms with Crippen LogP contribution in [-0.2, 0) is 0 Å². The zero-order chi connectivity index (χ0) is 14.5. The van der Waals surface area contributed by atoms with E-state index in [0.29, 0.717) is 6.54 Å². The van der Waals surface area contributed by atoms with Gasteiger partial charge in [0.1, 0.15) is 5.82 Å². The summed E-state index contributed by atoms with van der Waals surface area (Å²) in [4.78, 5) is 13.8. The molecule has 6 heteroatoms. The lowest BCUT2D eigenvalue weighted by molar-refractivity contribution is 0.0702. The highest BCUT2D eigenvalue weighted by Gasteiger charge is 2.23. The number of rotatable bonds is 5. The normalized spacial score (nSPS) is 18.2. The first-order chi connectivity index (χ1) is 9.61. The second-order valence-corrected chi connectivity index (χ2v) is 5.33. The fraction of sp³-hybridized carbons (Fsp3) is 0.500. The standard InChI is InChI=1S/C14H18ClFN2O2/c15-10-3-4-12(13(16)8-10)14(20)18(6-7-19)9-11-2-1-5-17-11/h3-4,8,11,17,19H,1-2,5-7,9H2. The van der Waals surface area contributed by atoms with Gasteiger partial charge in [0.25, 0.3) is 5.91 Å². The molecule has 0 spiro atoms. The molecule has 1 heterocycles. The monoisotopic (exact) mass is 300 g/mol. The van der Waals surface area contributed by atoms with Crippen molar-refractivity contribution >= 4 is 17.5 Å². The van der Waals surface area contributed by atoms with Gasteiger partial charge in [-0.1, -0.05) is 11.6 Å². The number of hydrogen-bond acceptors (Lipinski definition) is 3. The Bertz CT molecular complexity index is 478. The number of nitrogens with zero attached hydrogens (tertiary/aromatic N) is 1. The molecule has 1 aliphatic heterocycles. The van der Waals surface area contributed by atoms with Crippen molar-refractivity contribution in [1.29, 1.82) is 0 Å². The Balaban J connectivity index is 2.12. The first-order valence-corrected chi connectivity index (χ1v) is 7.08. The number of benzene rings is 1. The number of carbonyl (C=O) groups excluding carboxylic acids is 1. The average molecular weight is 301 g/mol. The lowest BCUT2D eigenvalue weighted by Crippen LogP contribution is -2.42. The van der Waals surface area contributed by atoms with Gasteiger partial charge in [0.05, 0.1) is 12.2 Å². The molecule has 1 aromatic carbocycles. The number of hydrogen-bond donors (Lipinski definition) is 2. The third-order valence-corrected chi connectivity index (χ3v) is 3.66. The Labute approximate surface area is 122 Å². The number of aliphatic hydroxyl groups excluding tert-OH is 1. The number of aliphatic hydroxyl groups is 1. The Morgan fingerprint density at radius 3 is 2.95 bits per heavy atom. The van der Waals surface area contributed by atoms with Crippen molar-refractivity contribution in [2.45, 2.75) is 18.9 Å². The molecule has 110 valence electrons. The maximum Gasteiger partial charge on any atom is 0.256 e. The van der Waals surface area contributed by atoms with Crippen molar-refractivity contribution in [1.82, 2.24) is 10.2 Å². The number of nitrogens with one attached hydrogen (secondary N) is 1. The van der Waals surface area contributed by atoms with Crippen LogP contribution in [0.1, 0.15) is 23.2 Å². The number of halogens is 2. The molecule has 0 aliphatic carbocycles. The van der Waals surface area contributed by atoms with Gasteiger partial charge in [0.2, 0.25) is 0 Å². The van der Waals surface area contributed by atoms with Crippen LogP contribution in [0, 0.1) is 5.82 Å². The van der Waals surface area contributed by atoms with Gasteiger partial charge >= 0.3 is 0 Å². The van der Waals surface area contributed by atoms with E-state index in [1.54, 1.807) is 0 Å². The van der Waals surface area contributed by atoms with Crippen LogP contribution in [0.3, 0.4) is 0 Å². The van der Waals surface area contributed by atoms with Crippen LogP contribution in [0.5, 0.6) is 0 Å². The van der Waals surface area contributed by atoms with Gasteiger partial charge < -0.3 is 15.3 Å². The van der Waals surface area contributed by atoms with Crippen molar-refractivity contribution in [2.24, 2.45) is 0 Å². The van der Waals surface area contributed by atoms with E-state index < -0.39 is 11.7 Å². The van der Waals surface area contributed by atoms with E-state index in [1.165, 1.54) is 17.0 Å². The maximum atomic E-state index is 13.8. The average Bonchev–Trinajstić information content (AvgIpc) is 2.90. The van der Waals surface area contributed by atoms with Gasteiger partial charge in [0.15, 0.2) is 0 Å². The lowest BCUT2D eigenvalue weighted by Gasteiger charge is -2.25. The zero-order valence-corrected chi connectivity index (χ0v) is 11.9. The van der Waals surface area contributed by atoms with E-state index in [1.807, 2.05) is 0 Å². The first kappa shape index (κ1) is 15.2. The smallest absolute Gasteiger partial charge is 0.256 e. The second-order valence-electron chi connectivity index (χ2n) is 4.89. The van der Waals surface area contributed by atoms with Crippen LogP contribution in [-0.4, -0.2) is 48.2 Å². The summed E-state index contributed by atoms with van der Waals surface area (Å²) in [7, 11) is 0. The summed E-state index contributed by atoms with van der Waals surface area (Å²) in [5.41, 5.74) is -0.0131. The molecule has 2 rings (SSSR count). The molecule has 20 heavy (non-hydrogen) atoms. The van der Waals surface area contributed by atoms with Crippen LogP contribution in [0.15, 0.2) is 18.2 Å². The van der Waals surface area contributed by atoms with Crippen LogP contribution in [0.25, 0.3) is 0 Å². The largest absolute Gasteiger partial charge is 0.395 e. The fourth-order valence-electron chi connectivity index (χ4n) is 2.41. The topological polar surface area (TPSA) is 52.6 Å². The van der Waals surface area contributed by atoms with Crippen molar-refractivity contribution in [2.75, 3.05) is 26.2 Å². The molecule has 0 aromatic heterocycles. The quantitative estimate of drug-likeness (QED) is 0.870. The molecule has 1 amide bonds. The van der Waals surface area contributed by atoms with E-state index in [2.05, 4.69) is 5.32 Å². The molecule has 1 saturated heterocycles. The minimum absolute atomic E-state index is 0.0131. The molecule has 1 aliphatic rings. The van der Waals surface area contributed by atoms with E-state index in [-0.39, 0.29) is 29.8 Å². The van der Waals surface area contributed by atoms with Crippen molar-refractivity contribution in [3.05, 3.63) is 34.6 Å². The molecule has 1 aromatic rings. The van der Waals surface area contributed by atoms with Crippen LogP contribution in [0.2, 0.25) is 5.02 Å². The summed E-state index contributed by atoms with van der Waals surface area (Å²) >= 11 is 5.68. The van der Waals surface area contributed by atoms with Gasteiger partial charge in [0, 0.05) is 24.2 Å². The Hall–Kier alpha value is -1.17. The summed E-state index contributed by atoms with van der Waals surface area (Å²) < 4.78 is 13.8. The first-order valence-electron chi connectivity index (χ1n) is 6.70. The Kier molecular flexibility index (Phi) is 5.34. The predicted octanol–water partition coefficient (Wildman–Crippen LogP) is 1.67. The fourth-order valence-corrected chi connectivity index (χ4v) is 2.57. The van der Waals surface area contributed by atoms with E-state index in [0.717, 1.165) is 25.5 Å². The Morgan fingerprint density at radius 1 is 1.55 bits per heavy atom. The number of amides is 1. The van der Waals surface area contributed by atoms with Crippen LogP contribution in [0.4, 0.5) is 4.39 Å². The summed E-state index contributed by atoms with van der Waals surface area (Å²) in [5.74, 6) is -1.05. The minimum Gasteiger partial charge on any atom is -0.395 e. The number of carbonyl (C=O) groups is 1. The molecule has 1 fully saturated rings. The molecule has 0 radical (unpaired) electrons. The highest BCUT2D eigenvalue weighted by molar-refractivity contribution is 6.30. The minimum atomic E-state index is -0.634. The van der Waals surface area contributed by atoms with E-state index >= 15 is 0 Å². The van der Waals surface area contributed by atoms with Crippen LogP contribution >= 0.6 is 11.6 Å². The van der Waals surface area contributed by atoms with Crippen LogP contribution < -0.4 is 5.32 Å². The highest BCUT2D eigenvalue weighted by Crippen LogP contribution is 2.17. The lowest BCUT2D eigenvalue weighted by atomic mass is 10.1. The van der Waals surface area contributed by atoms with Gasteiger partial charge in [-0.25, -0.2) is 4.39 Å². The summed E-state index contributed by atoms with van der Waals surface area (Å²) in [6.07, 6.45) is 2.05. The molecule has 2 N–H and O–H groups in total. The zero-order valence-electron chi connectivity index (χ0n) is 11.1. The SMILES string of the molecule is O=C(c1ccc(Cl)cc1F)N(CCO)CC1CCCN1. The molecule has 0 saturated carbocycles. The van der Waals surface area contributed by atoms with Crippen molar-refractivity contribution < 1.29 is 14.3 Å². The predicted molar refractivity (Wildman–Crippen MR) is 75.4 cm³/mol. The van der Waals surface area contributed by atoms with Gasteiger partial charge in [-0.15, -0.1) is 0 Å². The van der Waals surface area contributed by atoms with E-state index in [4.69, 9.17) is 16.7 Å². The van der Waals surface area contributed by atoms with Gasteiger partial charge in [-0.2, -0.15) is 0 Å². The molecule has 4 nitrogen and oxygen atoms in total. The highest BCUT2D eigenvalue weighted by atomic mass is 35.5. The summed E-state index contributed by atoms with van der Waals surface area (Å²) in [6, 6.07) is 4.20. The van der Waals surface area contributed by atoms with Crippen molar-refractivity contribution in [3.8, 4) is 0 Å². The Morgan fingerprint density at radius 2 is 2.35 bits per heavy atom. The second kappa shape index (κ2) is 7.02. The molecular weight excluding hydrogens is 283 g/mol. The molecule has 0 bridgehead atoms. The summed E-state index contributed by atoms with van der Waals surface area (Å²) in [5, 5.41) is 12.6.